The fourth-order valence-corrected chi connectivity index (χ4v) is 2.96. The first-order valence-corrected chi connectivity index (χ1v) is 7.31. The lowest BCUT2D eigenvalue weighted by Gasteiger charge is -2.14. The maximum absolute atomic E-state index is 11.9. The molecule has 1 aliphatic heterocycles. The summed E-state index contributed by atoms with van der Waals surface area (Å²) in [6.45, 7) is 3.48. The summed E-state index contributed by atoms with van der Waals surface area (Å²) in [4.78, 5) is 25.6. The molecule has 0 atom stereocenters. The van der Waals surface area contributed by atoms with Crippen LogP contribution >= 0.6 is 11.8 Å². The number of benzene rings is 1. The van der Waals surface area contributed by atoms with Crippen LogP contribution in [0.1, 0.15) is 28.8 Å². The molecule has 1 aromatic rings. The molecule has 0 saturated carbocycles. The number of likely N-dealkylation sites (tertiary alicyclic amines) is 1. The van der Waals surface area contributed by atoms with Crippen molar-refractivity contribution < 1.29 is 14.7 Å². The van der Waals surface area contributed by atoms with Gasteiger partial charge in [-0.15, -0.1) is 11.8 Å². The number of carbonyl (C=O) groups excluding carboxylic acids is 1. The zero-order chi connectivity index (χ0) is 13.8. The van der Waals surface area contributed by atoms with Crippen molar-refractivity contribution in [1.29, 1.82) is 0 Å². The second kappa shape index (κ2) is 6.10. The van der Waals surface area contributed by atoms with Crippen LogP contribution in [0.2, 0.25) is 0 Å². The lowest BCUT2D eigenvalue weighted by atomic mass is 10.1. The largest absolute Gasteiger partial charge is 0.478 e. The minimum Gasteiger partial charge on any atom is -0.478 e. The van der Waals surface area contributed by atoms with Gasteiger partial charge in [0, 0.05) is 18.0 Å². The van der Waals surface area contributed by atoms with Crippen molar-refractivity contribution >= 4 is 23.6 Å². The fraction of sp³-hybridized carbons (Fsp3) is 0.429. The average molecular weight is 279 g/mol. The Labute approximate surface area is 116 Å². The molecule has 0 aromatic heterocycles. The van der Waals surface area contributed by atoms with E-state index in [0.717, 1.165) is 36.4 Å². The fourth-order valence-electron chi connectivity index (χ4n) is 2.12. The summed E-state index contributed by atoms with van der Waals surface area (Å²) >= 11 is 1.40. The zero-order valence-electron chi connectivity index (χ0n) is 10.9. The summed E-state index contributed by atoms with van der Waals surface area (Å²) < 4.78 is 0. The second-order valence-electron chi connectivity index (χ2n) is 4.66. The highest BCUT2D eigenvalue weighted by Gasteiger charge is 2.18. The van der Waals surface area contributed by atoms with Crippen LogP contribution in [0.15, 0.2) is 23.1 Å². The molecule has 19 heavy (non-hydrogen) atoms. The Morgan fingerprint density at radius 3 is 2.63 bits per heavy atom. The molecule has 102 valence electrons. The van der Waals surface area contributed by atoms with Crippen molar-refractivity contribution in [2.75, 3.05) is 18.8 Å². The SMILES string of the molecule is Cc1ccc(SCC(=O)N2CCCC2)cc1C(=O)O. The third-order valence-electron chi connectivity index (χ3n) is 3.26. The first kappa shape index (κ1) is 13.9. The van der Waals surface area contributed by atoms with Gasteiger partial charge in [-0.3, -0.25) is 4.79 Å². The molecule has 1 aromatic carbocycles. The number of carbonyl (C=O) groups is 2. The standard InChI is InChI=1S/C14H17NO3S/c1-10-4-5-11(8-12(10)14(17)18)19-9-13(16)15-6-2-3-7-15/h4-5,8H,2-3,6-7,9H2,1H3,(H,17,18). The molecule has 1 heterocycles. The van der Waals surface area contributed by atoms with Gasteiger partial charge in [-0.2, -0.15) is 0 Å². The Hall–Kier alpha value is -1.49. The Bertz CT molecular complexity index is 495. The third-order valence-corrected chi connectivity index (χ3v) is 4.24. The van der Waals surface area contributed by atoms with E-state index in [1.807, 2.05) is 11.0 Å². The van der Waals surface area contributed by atoms with Crippen LogP contribution in [0.5, 0.6) is 0 Å². The summed E-state index contributed by atoms with van der Waals surface area (Å²) in [7, 11) is 0. The molecular weight excluding hydrogens is 262 g/mol. The summed E-state index contributed by atoms with van der Waals surface area (Å²) in [5.41, 5.74) is 1.04. The smallest absolute Gasteiger partial charge is 0.335 e. The van der Waals surface area contributed by atoms with Gasteiger partial charge in [-0.05, 0) is 37.5 Å². The van der Waals surface area contributed by atoms with E-state index in [9.17, 15) is 9.59 Å². The quantitative estimate of drug-likeness (QED) is 0.860. The Morgan fingerprint density at radius 1 is 1.32 bits per heavy atom. The van der Waals surface area contributed by atoms with Crippen LogP contribution in [0.25, 0.3) is 0 Å². The number of hydrogen-bond donors (Lipinski definition) is 1. The minimum atomic E-state index is -0.925. The number of aromatic carboxylic acids is 1. The van der Waals surface area contributed by atoms with E-state index in [2.05, 4.69) is 0 Å². The van der Waals surface area contributed by atoms with E-state index in [0.29, 0.717) is 11.3 Å². The molecular formula is C14H17NO3S. The van der Waals surface area contributed by atoms with E-state index in [-0.39, 0.29) is 5.91 Å². The summed E-state index contributed by atoms with van der Waals surface area (Å²) in [6.07, 6.45) is 2.17. The summed E-state index contributed by atoms with van der Waals surface area (Å²) in [5, 5.41) is 9.06. The van der Waals surface area contributed by atoms with Gasteiger partial charge >= 0.3 is 5.97 Å². The molecule has 2 rings (SSSR count). The van der Waals surface area contributed by atoms with Gasteiger partial charge in [0.25, 0.3) is 0 Å². The number of aryl methyl sites for hydroxylation is 1. The topological polar surface area (TPSA) is 57.6 Å². The molecule has 1 aliphatic rings. The van der Waals surface area contributed by atoms with E-state index in [1.54, 1.807) is 19.1 Å². The highest BCUT2D eigenvalue weighted by Crippen LogP contribution is 2.22. The molecule has 5 heteroatoms. The number of nitrogens with zero attached hydrogens (tertiary/aromatic N) is 1. The van der Waals surface area contributed by atoms with Crippen molar-refractivity contribution in [3.05, 3.63) is 29.3 Å². The number of hydrogen-bond acceptors (Lipinski definition) is 3. The van der Waals surface area contributed by atoms with Crippen LogP contribution in [-0.4, -0.2) is 40.7 Å². The Balaban J connectivity index is 1.97. The van der Waals surface area contributed by atoms with Crippen molar-refractivity contribution in [3.63, 3.8) is 0 Å². The molecule has 1 amide bonds. The number of carboxylic acid groups (broad SMARTS) is 1. The maximum atomic E-state index is 11.9. The van der Waals surface area contributed by atoms with Gasteiger partial charge in [0.1, 0.15) is 0 Å². The number of thioether (sulfide) groups is 1. The van der Waals surface area contributed by atoms with Crippen molar-refractivity contribution in [2.45, 2.75) is 24.7 Å². The molecule has 0 unspecified atom stereocenters. The zero-order valence-corrected chi connectivity index (χ0v) is 11.7. The van der Waals surface area contributed by atoms with Gasteiger partial charge < -0.3 is 10.0 Å². The minimum absolute atomic E-state index is 0.139. The van der Waals surface area contributed by atoms with Crippen LogP contribution in [0.3, 0.4) is 0 Å². The Morgan fingerprint density at radius 2 is 2.00 bits per heavy atom. The van der Waals surface area contributed by atoms with Crippen LogP contribution in [0, 0.1) is 6.92 Å². The molecule has 0 aliphatic carbocycles. The number of amides is 1. The van der Waals surface area contributed by atoms with E-state index < -0.39 is 5.97 Å². The molecule has 0 spiro atoms. The highest BCUT2D eigenvalue weighted by atomic mass is 32.2. The monoisotopic (exact) mass is 279 g/mol. The predicted molar refractivity (Wildman–Crippen MR) is 74.7 cm³/mol. The van der Waals surface area contributed by atoms with Gasteiger partial charge in [-0.1, -0.05) is 6.07 Å². The van der Waals surface area contributed by atoms with Gasteiger partial charge in [0.2, 0.25) is 5.91 Å². The first-order valence-electron chi connectivity index (χ1n) is 6.32. The van der Waals surface area contributed by atoms with Crippen molar-refractivity contribution in [3.8, 4) is 0 Å². The number of rotatable bonds is 4. The summed E-state index contributed by atoms with van der Waals surface area (Å²) in [5.74, 6) is -0.409. The van der Waals surface area contributed by atoms with E-state index in [1.165, 1.54) is 11.8 Å². The van der Waals surface area contributed by atoms with Crippen LogP contribution in [0.4, 0.5) is 0 Å². The Kier molecular flexibility index (Phi) is 4.47. The van der Waals surface area contributed by atoms with Crippen LogP contribution in [-0.2, 0) is 4.79 Å². The maximum Gasteiger partial charge on any atom is 0.335 e. The number of carboxylic acids is 1. The van der Waals surface area contributed by atoms with E-state index in [4.69, 9.17) is 5.11 Å². The molecule has 1 saturated heterocycles. The second-order valence-corrected chi connectivity index (χ2v) is 5.71. The lowest BCUT2D eigenvalue weighted by Crippen LogP contribution is -2.29. The molecule has 1 fully saturated rings. The lowest BCUT2D eigenvalue weighted by molar-refractivity contribution is -0.127. The predicted octanol–water partition coefficient (Wildman–Crippen LogP) is 2.41. The van der Waals surface area contributed by atoms with Crippen molar-refractivity contribution in [1.82, 2.24) is 4.90 Å². The molecule has 0 bridgehead atoms. The molecule has 0 radical (unpaired) electrons. The highest BCUT2D eigenvalue weighted by molar-refractivity contribution is 8.00. The average Bonchev–Trinajstić information content (AvgIpc) is 2.91. The van der Waals surface area contributed by atoms with Crippen LogP contribution < -0.4 is 0 Å². The molecule has 1 N–H and O–H groups in total. The molecule has 4 nitrogen and oxygen atoms in total. The van der Waals surface area contributed by atoms with Gasteiger partial charge in [0.15, 0.2) is 0 Å². The summed E-state index contributed by atoms with van der Waals surface area (Å²) in [6, 6.07) is 5.29. The van der Waals surface area contributed by atoms with E-state index >= 15 is 0 Å². The van der Waals surface area contributed by atoms with Crippen molar-refractivity contribution in [2.24, 2.45) is 0 Å². The normalized spacial score (nSPS) is 14.7. The first-order chi connectivity index (χ1) is 9.08. The third kappa shape index (κ3) is 3.50. The van der Waals surface area contributed by atoms with Gasteiger partial charge in [0.05, 0.1) is 11.3 Å². The van der Waals surface area contributed by atoms with Gasteiger partial charge in [-0.25, -0.2) is 4.79 Å².